The SMILES string of the molecule is COc1ccccc1N(C)c1ccnc(C(=O)O)c1. The number of carbonyl (C=O) groups is 1. The van der Waals surface area contributed by atoms with Gasteiger partial charge in [-0.05, 0) is 24.3 Å². The minimum absolute atomic E-state index is 0.0132. The second-order valence-corrected chi connectivity index (χ2v) is 3.94. The molecule has 2 rings (SSSR count). The lowest BCUT2D eigenvalue weighted by Crippen LogP contribution is -2.12. The number of aromatic nitrogens is 1. The number of pyridine rings is 1. The van der Waals surface area contributed by atoms with E-state index < -0.39 is 5.97 Å². The van der Waals surface area contributed by atoms with Gasteiger partial charge < -0.3 is 14.7 Å². The summed E-state index contributed by atoms with van der Waals surface area (Å²) < 4.78 is 5.29. The minimum atomic E-state index is -1.05. The van der Waals surface area contributed by atoms with Crippen LogP contribution in [0.1, 0.15) is 10.5 Å². The van der Waals surface area contributed by atoms with Crippen molar-refractivity contribution >= 4 is 17.3 Å². The number of rotatable bonds is 4. The monoisotopic (exact) mass is 258 g/mol. The molecule has 0 atom stereocenters. The van der Waals surface area contributed by atoms with Crippen LogP contribution in [0.5, 0.6) is 5.75 Å². The number of hydrogen-bond acceptors (Lipinski definition) is 4. The van der Waals surface area contributed by atoms with Crippen molar-refractivity contribution in [3.05, 3.63) is 48.3 Å². The van der Waals surface area contributed by atoms with Crippen LogP contribution in [-0.4, -0.2) is 30.2 Å². The van der Waals surface area contributed by atoms with Gasteiger partial charge in [0.15, 0.2) is 0 Å². The van der Waals surface area contributed by atoms with Gasteiger partial charge in [-0.3, -0.25) is 0 Å². The molecule has 0 aliphatic carbocycles. The van der Waals surface area contributed by atoms with E-state index in [1.807, 2.05) is 36.2 Å². The van der Waals surface area contributed by atoms with E-state index in [1.165, 1.54) is 12.3 Å². The number of para-hydroxylation sites is 2. The molecular formula is C14H14N2O3. The number of ether oxygens (including phenoxy) is 1. The molecule has 5 nitrogen and oxygen atoms in total. The molecule has 0 radical (unpaired) electrons. The highest BCUT2D eigenvalue weighted by Crippen LogP contribution is 2.31. The molecule has 0 aliphatic heterocycles. The Labute approximate surface area is 111 Å². The van der Waals surface area contributed by atoms with Crippen LogP contribution in [0, 0.1) is 0 Å². The van der Waals surface area contributed by atoms with Gasteiger partial charge in [0.25, 0.3) is 0 Å². The molecule has 19 heavy (non-hydrogen) atoms. The van der Waals surface area contributed by atoms with Crippen LogP contribution in [0.25, 0.3) is 0 Å². The largest absolute Gasteiger partial charge is 0.495 e. The number of carboxylic acid groups (broad SMARTS) is 1. The topological polar surface area (TPSA) is 62.7 Å². The fourth-order valence-corrected chi connectivity index (χ4v) is 1.79. The molecule has 0 unspecified atom stereocenters. The number of hydrogen-bond donors (Lipinski definition) is 1. The summed E-state index contributed by atoms with van der Waals surface area (Å²) >= 11 is 0. The molecule has 0 fully saturated rings. The molecule has 1 N–H and O–H groups in total. The predicted molar refractivity (Wildman–Crippen MR) is 72.3 cm³/mol. The van der Waals surface area contributed by atoms with E-state index in [9.17, 15) is 4.79 Å². The average Bonchev–Trinajstić information content (AvgIpc) is 2.46. The second kappa shape index (κ2) is 5.39. The van der Waals surface area contributed by atoms with Gasteiger partial charge in [-0.15, -0.1) is 0 Å². The first-order valence-electron chi connectivity index (χ1n) is 5.69. The van der Waals surface area contributed by atoms with E-state index in [4.69, 9.17) is 9.84 Å². The van der Waals surface area contributed by atoms with Gasteiger partial charge in [0.2, 0.25) is 0 Å². The maximum Gasteiger partial charge on any atom is 0.354 e. The van der Waals surface area contributed by atoms with E-state index in [1.54, 1.807) is 13.2 Å². The van der Waals surface area contributed by atoms with Crippen molar-refractivity contribution in [3.8, 4) is 5.75 Å². The lowest BCUT2D eigenvalue weighted by molar-refractivity contribution is 0.0690. The third-order valence-corrected chi connectivity index (χ3v) is 2.80. The van der Waals surface area contributed by atoms with Crippen LogP contribution in [-0.2, 0) is 0 Å². The molecule has 0 bridgehead atoms. The van der Waals surface area contributed by atoms with Crippen molar-refractivity contribution < 1.29 is 14.6 Å². The van der Waals surface area contributed by atoms with Crippen LogP contribution in [0.15, 0.2) is 42.6 Å². The zero-order valence-corrected chi connectivity index (χ0v) is 10.7. The van der Waals surface area contributed by atoms with Crippen LogP contribution in [0.4, 0.5) is 11.4 Å². The number of carboxylic acids is 1. The Kier molecular flexibility index (Phi) is 3.66. The van der Waals surface area contributed by atoms with Crippen molar-refractivity contribution in [3.63, 3.8) is 0 Å². The van der Waals surface area contributed by atoms with E-state index in [-0.39, 0.29) is 5.69 Å². The first-order valence-corrected chi connectivity index (χ1v) is 5.69. The summed E-state index contributed by atoms with van der Waals surface area (Å²) in [7, 11) is 3.45. The fourth-order valence-electron chi connectivity index (χ4n) is 1.79. The Hall–Kier alpha value is -2.56. The van der Waals surface area contributed by atoms with E-state index in [0.717, 1.165) is 17.1 Å². The second-order valence-electron chi connectivity index (χ2n) is 3.94. The van der Waals surface area contributed by atoms with Gasteiger partial charge in [0, 0.05) is 18.9 Å². The Balaban J connectivity index is 2.41. The summed E-state index contributed by atoms with van der Waals surface area (Å²) in [6.07, 6.45) is 1.48. The summed E-state index contributed by atoms with van der Waals surface area (Å²) in [5.41, 5.74) is 1.60. The molecule has 1 aromatic carbocycles. The van der Waals surface area contributed by atoms with Gasteiger partial charge in [-0.25, -0.2) is 9.78 Å². The molecule has 0 saturated heterocycles. The molecule has 0 amide bonds. The summed E-state index contributed by atoms with van der Waals surface area (Å²) in [6, 6.07) is 10.8. The molecule has 0 spiro atoms. The lowest BCUT2D eigenvalue weighted by atomic mass is 10.2. The molecule has 1 aromatic heterocycles. The highest BCUT2D eigenvalue weighted by atomic mass is 16.5. The zero-order chi connectivity index (χ0) is 13.8. The van der Waals surface area contributed by atoms with Gasteiger partial charge in [-0.1, -0.05) is 12.1 Å². The van der Waals surface area contributed by atoms with Gasteiger partial charge in [0.1, 0.15) is 11.4 Å². The van der Waals surface area contributed by atoms with Crippen LogP contribution in [0.3, 0.4) is 0 Å². The van der Waals surface area contributed by atoms with Crippen molar-refractivity contribution in [2.75, 3.05) is 19.1 Å². The number of methoxy groups -OCH3 is 1. The predicted octanol–water partition coefficient (Wildman–Crippen LogP) is 2.56. The summed E-state index contributed by atoms with van der Waals surface area (Å²) in [5.74, 6) is -0.325. The first-order chi connectivity index (χ1) is 9.13. The lowest BCUT2D eigenvalue weighted by Gasteiger charge is -2.21. The standard InChI is InChI=1S/C14H14N2O3/c1-16(12-5-3-4-6-13(12)19-2)10-7-8-15-11(9-10)14(17)18/h3-9H,1-2H3,(H,17,18). The normalized spacial score (nSPS) is 10.0. The van der Waals surface area contributed by atoms with Crippen LogP contribution < -0.4 is 9.64 Å². The number of anilines is 2. The van der Waals surface area contributed by atoms with Crippen molar-refractivity contribution in [2.45, 2.75) is 0 Å². The summed E-state index contributed by atoms with van der Waals surface area (Å²) in [4.78, 5) is 16.6. The summed E-state index contributed by atoms with van der Waals surface area (Å²) in [6.45, 7) is 0. The number of nitrogens with zero attached hydrogens (tertiary/aromatic N) is 2. The third kappa shape index (κ3) is 2.65. The first kappa shape index (κ1) is 12.9. The Morgan fingerprint density at radius 2 is 2.05 bits per heavy atom. The Morgan fingerprint density at radius 3 is 2.74 bits per heavy atom. The highest BCUT2D eigenvalue weighted by molar-refractivity contribution is 5.87. The van der Waals surface area contributed by atoms with Crippen LogP contribution >= 0.6 is 0 Å². The molecule has 1 heterocycles. The third-order valence-electron chi connectivity index (χ3n) is 2.80. The smallest absolute Gasteiger partial charge is 0.354 e. The van der Waals surface area contributed by atoms with Crippen molar-refractivity contribution in [1.29, 1.82) is 0 Å². The molecule has 98 valence electrons. The molecular weight excluding hydrogens is 244 g/mol. The highest BCUT2D eigenvalue weighted by Gasteiger charge is 2.12. The maximum atomic E-state index is 10.9. The fraction of sp³-hybridized carbons (Fsp3) is 0.143. The van der Waals surface area contributed by atoms with Gasteiger partial charge >= 0.3 is 5.97 Å². The molecule has 0 saturated carbocycles. The molecule has 5 heteroatoms. The average molecular weight is 258 g/mol. The van der Waals surface area contributed by atoms with Gasteiger partial charge in [-0.2, -0.15) is 0 Å². The van der Waals surface area contributed by atoms with E-state index >= 15 is 0 Å². The molecule has 0 aliphatic rings. The maximum absolute atomic E-state index is 10.9. The molecule has 2 aromatic rings. The zero-order valence-electron chi connectivity index (χ0n) is 10.7. The van der Waals surface area contributed by atoms with E-state index in [0.29, 0.717) is 0 Å². The quantitative estimate of drug-likeness (QED) is 0.913. The van der Waals surface area contributed by atoms with Crippen molar-refractivity contribution in [1.82, 2.24) is 4.98 Å². The van der Waals surface area contributed by atoms with E-state index in [2.05, 4.69) is 4.98 Å². The van der Waals surface area contributed by atoms with Crippen LogP contribution in [0.2, 0.25) is 0 Å². The Bertz CT molecular complexity index is 599. The number of benzene rings is 1. The minimum Gasteiger partial charge on any atom is -0.495 e. The summed E-state index contributed by atoms with van der Waals surface area (Å²) in [5, 5.41) is 8.96. The Morgan fingerprint density at radius 1 is 1.32 bits per heavy atom. The van der Waals surface area contributed by atoms with Crippen molar-refractivity contribution in [2.24, 2.45) is 0 Å². The number of aromatic carboxylic acids is 1. The van der Waals surface area contributed by atoms with Gasteiger partial charge in [0.05, 0.1) is 12.8 Å².